The van der Waals surface area contributed by atoms with E-state index in [1.165, 1.54) is 66.4 Å². The molecule has 1 heteroatoms. The van der Waals surface area contributed by atoms with E-state index in [1.807, 2.05) is 0 Å². The van der Waals surface area contributed by atoms with Gasteiger partial charge in [-0.05, 0) is 133 Å². The highest BCUT2D eigenvalue weighted by molar-refractivity contribution is 5.88. The average molecular weight is 676 g/mol. The van der Waals surface area contributed by atoms with Crippen molar-refractivity contribution in [2.24, 2.45) is 0 Å². The smallest absolute Gasteiger partial charge is 0.0462 e. The van der Waals surface area contributed by atoms with E-state index in [9.17, 15) is 0 Å². The fourth-order valence-corrected chi connectivity index (χ4v) is 7.27. The standard InChI is InChI=1S/C52H37N/c1-4-13-38(14-5-1)47-35-48(39-15-6-2-7-16-39)37-49(36-47)42-27-31-52(32-28-42)53(50-21-8-3-9-22-50)51-29-25-41(26-30-51)44-19-12-20-45(33-44)46-24-23-40-17-10-11-18-43(40)34-46/h1-37H. The predicted octanol–water partition coefficient (Wildman–Crippen LogP) is 14.6. The first-order chi connectivity index (χ1) is 26.2. The number of hydrogen-bond acceptors (Lipinski definition) is 1. The second kappa shape index (κ2) is 14.3. The van der Waals surface area contributed by atoms with Crippen molar-refractivity contribution in [3.05, 3.63) is 224 Å². The first kappa shape index (κ1) is 32.0. The van der Waals surface area contributed by atoms with E-state index >= 15 is 0 Å². The van der Waals surface area contributed by atoms with Gasteiger partial charge in [-0.25, -0.2) is 0 Å². The SMILES string of the molecule is c1ccc(-c2cc(-c3ccccc3)cc(-c3ccc(N(c4ccccc4)c4ccc(-c5cccc(-c6ccc7ccccc7c6)c5)cc4)cc3)c2)cc1. The number of benzene rings is 9. The van der Waals surface area contributed by atoms with Crippen LogP contribution in [0.1, 0.15) is 0 Å². The maximum absolute atomic E-state index is 2.33. The minimum absolute atomic E-state index is 1.11. The monoisotopic (exact) mass is 675 g/mol. The van der Waals surface area contributed by atoms with Crippen molar-refractivity contribution in [2.45, 2.75) is 0 Å². The molecule has 0 aromatic heterocycles. The zero-order valence-corrected chi connectivity index (χ0v) is 29.3. The van der Waals surface area contributed by atoms with Crippen molar-refractivity contribution in [3.8, 4) is 55.6 Å². The van der Waals surface area contributed by atoms with Gasteiger partial charge in [-0.1, -0.05) is 158 Å². The Kier molecular flexibility index (Phi) is 8.66. The molecule has 9 aromatic carbocycles. The topological polar surface area (TPSA) is 3.24 Å². The number of anilines is 3. The molecule has 9 aromatic rings. The molecule has 0 heterocycles. The lowest BCUT2D eigenvalue weighted by atomic mass is 9.93. The Labute approximate surface area is 311 Å². The second-order valence-corrected chi connectivity index (χ2v) is 13.4. The van der Waals surface area contributed by atoms with E-state index < -0.39 is 0 Å². The average Bonchev–Trinajstić information content (AvgIpc) is 3.25. The summed E-state index contributed by atoms with van der Waals surface area (Å²) in [5.74, 6) is 0. The quantitative estimate of drug-likeness (QED) is 0.155. The minimum Gasteiger partial charge on any atom is -0.311 e. The first-order valence-electron chi connectivity index (χ1n) is 18.2. The van der Waals surface area contributed by atoms with E-state index in [0.29, 0.717) is 0 Å². The van der Waals surface area contributed by atoms with Crippen LogP contribution in [0.15, 0.2) is 224 Å². The van der Waals surface area contributed by atoms with Gasteiger partial charge in [0.25, 0.3) is 0 Å². The summed E-state index contributed by atoms with van der Waals surface area (Å²) in [7, 11) is 0. The summed E-state index contributed by atoms with van der Waals surface area (Å²) in [6, 6.07) is 80.8. The van der Waals surface area contributed by atoms with Crippen molar-refractivity contribution < 1.29 is 0 Å². The highest BCUT2D eigenvalue weighted by atomic mass is 15.1. The van der Waals surface area contributed by atoms with Gasteiger partial charge < -0.3 is 4.90 Å². The van der Waals surface area contributed by atoms with Gasteiger partial charge in [-0.3, -0.25) is 0 Å². The van der Waals surface area contributed by atoms with Crippen LogP contribution in [0.25, 0.3) is 66.4 Å². The maximum atomic E-state index is 2.33. The zero-order chi connectivity index (χ0) is 35.4. The summed E-state index contributed by atoms with van der Waals surface area (Å²) in [5.41, 5.74) is 15.4. The summed E-state index contributed by atoms with van der Waals surface area (Å²) < 4.78 is 0. The molecule has 0 aliphatic rings. The maximum Gasteiger partial charge on any atom is 0.0462 e. The third-order valence-electron chi connectivity index (χ3n) is 10.0. The largest absolute Gasteiger partial charge is 0.311 e. The lowest BCUT2D eigenvalue weighted by molar-refractivity contribution is 1.28. The van der Waals surface area contributed by atoms with E-state index in [1.54, 1.807) is 0 Å². The molecule has 0 aliphatic carbocycles. The summed E-state index contributed by atoms with van der Waals surface area (Å²) in [6.45, 7) is 0. The molecule has 1 nitrogen and oxygen atoms in total. The van der Waals surface area contributed by atoms with E-state index in [4.69, 9.17) is 0 Å². The summed E-state index contributed by atoms with van der Waals surface area (Å²) in [5, 5.41) is 2.52. The van der Waals surface area contributed by atoms with Crippen molar-refractivity contribution in [1.82, 2.24) is 0 Å². The molecular weight excluding hydrogens is 639 g/mol. The third-order valence-corrected chi connectivity index (χ3v) is 10.0. The molecule has 0 saturated heterocycles. The second-order valence-electron chi connectivity index (χ2n) is 13.4. The Bertz CT molecular complexity index is 2570. The summed E-state index contributed by atoms with van der Waals surface area (Å²) >= 11 is 0. The Hall–Kier alpha value is -6.96. The molecule has 53 heavy (non-hydrogen) atoms. The van der Waals surface area contributed by atoms with Crippen molar-refractivity contribution >= 4 is 27.8 Å². The Morgan fingerprint density at radius 2 is 0.528 bits per heavy atom. The van der Waals surface area contributed by atoms with Crippen LogP contribution in [0.3, 0.4) is 0 Å². The van der Waals surface area contributed by atoms with Crippen molar-refractivity contribution in [3.63, 3.8) is 0 Å². The third kappa shape index (κ3) is 6.77. The fourth-order valence-electron chi connectivity index (χ4n) is 7.27. The molecule has 0 N–H and O–H groups in total. The van der Waals surface area contributed by atoms with Gasteiger partial charge in [0.1, 0.15) is 0 Å². The molecule has 250 valence electrons. The number of rotatable bonds is 8. The molecule has 0 unspecified atom stereocenters. The van der Waals surface area contributed by atoms with Crippen LogP contribution in [0.2, 0.25) is 0 Å². The molecule has 0 amide bonds. The van der Waals surface area contributed by atoms with Gasteiger partial charge in [-0.15, -0.1) is 0 Å². The van der Waals surface area contributed by atoms with Crippen LogP contribution in [-0.2, 0) is 0 Å². The van der Waals surface area contributed by atoms with E-state index in [-0.39, 0.29) is 0 Å². The van der Waals surface area contributed by atoms with Gasteiger partial charge in [0, 0.05) is 17.1 Å². The lowest BCUT2D eigenvalue weighted by Crippen LogP contribution is -2.09. The predicted molar refractivity (Wildman–Crippen MR) is 226 cm³/mol. The van der Waals surface area contributed by atoms with Crippen LogP contribution in [0, 0.1) is 0 Å². The van der Waals surface area contributed by atoms with Gasteiger partial charge in [0.2, 0.25) is 0 Å². The Morgan fingerprint density at radius 3 is 1.08 bits per heavy atom. The molecule has 0 fully saturated rings. The van der Waals surface area contributed by atoms with Crippen LogP contribution in [0.5, 0.6) is 0 Å². The molecule has 0 atom stereocenters. The number of hydrogen-bond donors (Lipinski definition) is 0. The van der Waals surface area contributed by atoms with Gasteiger partial charge in [0.05, 0.1) is 0 Å². The van der Waals surface area contributed by atoms with E-state index in [0.717, 1.165) is 17.1 Å². The first-order valence-corrected chi connectivity index (χ1v) is 18.2. The minimum atomic E-state index is 1.11. The Balaban J connectivity index is 1.05. The molecule has 0 spiro atoms. The van der Waals surface area contributed by atoms with Crippen LogP contribution in [-0.4, -0.2) is 0 Å². The number of fused-ring (bicyclic) bond motifs is 1. The molecule has 0 radical (unpaired) electrons. The summed E-state index contributed by atoms with van der Waals surface area (Å²) in [4.78, 5) is 2.33. The van der Waals surface area contributed by atoms with Gasteiger partial charge in [-0.2, -0.15) is 0 Å². The normalized spacial score (nSPS) is 11.0. The molecule has 0 saturated carbocycles. The Morgan fingerprint density at radius 1 is 0.189 bits per heavy atom. The van der Waals surface area contributed by atoms with Crippen LogP contribution in [0.4, 0.5) is 17.1 Å². The highest BCUT2D eigenvalue weighted by Crippen LogP contribution is 2.38. The molecule has 9 rings (SSSR count). The molecular formula is C52H37N. The zero-order valence-electron chi connectivity index (χ0n) is 29.3. The number of para-hydroxylation sites is 1. The van der Waals surface area contributed by atoms with Crippen LogP contribution < -0.4 is 4.90 Å². The summed E-state index contributed by atoms with van der Waals surface area (Å²) in [6.07, 6.45) is 0. The number of nitrogens with zero attached hydrogens (tertiary/aromatic N) is 1. The fraction of sp³-hybridized carbons (Fsp3) is 0. The molecule has 0 bridgehead atoms. The van der Waals surface area contributed by atoms with Crippen LogP contribution >= 0.6 is 0 Å². The van der Waals surface area contributed by atoms with Crippen molar-refractivity contribution in [1.29, 1.82) is 0 Å². The lowest BCUT2D eigenvalue weighted by Gasteiger charge is -2.26. The highest BCUT2D eigenvalue weighted by Gasteiger charge is 2.14. The molecule has 0 aliphatic heterocycles. The van der Waals surface area contributed by atoms with Gasteiger partial charge >= 0.3 is 0 Å². The van der Waals surface area contributed by atoms with Gasteiger partial charge in [0.15, 0.2) is 0 Å². The van der Waals surface area contributed by atoms with E-state index in [2.05, 4.69) is 229 Å². The van der Waals surface area contributed by atoms with Crippen molar-refractivity contribution in [2.75, 3.05) is 4.90 Å².